The first kappa shape index (κ1) is 22.5. The summed E-state index contributed by atoms with van der Waals surface area (Å²) < 4.78 is 15.1. The van der Waals surface area contributed by atoms with Crippen LogP contribution in [-0.4, -0.2) is 4.57 Å². The van der Waals surface area contributed by atoms with E-state index in [2.05, 4.69) is 128 Å². The first-order valence-corrected chi connectivity index (χ1v) is 14.0. The van der Waals surface area contributed by atoms with Gasteiger partial charge in [-0.1, -0.05) is 60.2 Å². The van der Waals surface area contributed by atoms with Crippen molar-refractivity contribution in [3.63, 3.8) is 0 Å². The predicted octanol–water partition coefficient (Wildman–Crippen LogP) is 10.9. The van der Waals surface area contributed by atoms with Gasteiger partial charge in [-0.3, -0.25) is 0 Å². The third-order valence-electron chi connectivity index (χ3n) is 8.48. The number of hydrogen-bond donors (Lipinski definition) is 0. The van der Waals surface area contributed by atoms with Gasteiger partial charge in [0, 0.05) is 43.6 Å². The molecule has 0 N–H and O–H groups in total. The number of aryl methyl sites for hydroxylation is 2. The zero-order valence-electron chi connectivity index (χ0n) is 22.7. The molecule has 3 heteroatoms. The van der Waals surface area contributed by atoms with Crippen LogP contribution < -0.4 is 0 Å². The number of para-hydroxylation sites is 2. The molecule has 0 aliphatic carbocycles. The van der Waals surface area contributed by atoms with Crippen molar-refractivity contribution in [2.75, 3.05) is 0 Å². The highest BCUT2D eigenvalue weighted by molar-refractivity contribution is 6.19. The molecule has 41 heavy (non-hydrogen) atoms. The Morgan fingerprint density at radius 2 is 1.17 bits per heavy atom. The molecular formula is C38H25NO2. The quantitative estimate of drug-likeness (QED) is 0.224. The van der Waals surface area contributed by atoms with Crippen LogP contribution in [0.4, 0.5) is 0 Å². The summed E-state index contributed by atoms with van der Waals surface area (Å²) in [7, 11) is 0. The van der Waals surface area contributed by atoms with Crippen LogP contribution >= 0.6 is 0 Å². The van der Waals surface area contributed by atoms with E-state index in [9.17, 15) is 0 Å². The summed E-state index contributed by atoms with van der Waals surface area (Å²) in [6.45, 7) is 4.29. The minimum absolute atomic E-state index is 0.905. The molecule has 0 aliphatic heterocycles. The highest BCUT2D eigenvalue weighted by atomic mass is 16.3. The van der Waals surface area contributed by atoms with E-state index < -0.39 is 0 Å². The summed E-state index contributed by atoms with van der Waals surface area (Å²) in [4.78, 5) is 0. The fraction of sp³-hybridized carbons (Fsp3) is 0.0526. The van der Waals surface area contributed by atoms with Crippen LogP contribution in [0.3, 0.4) is 0 Å². The number of benzene rings is 6. The van der Waals surface area contributed by atoms with Gasteiger partial charge in [-0.2, -0.15) is 0 Å². The second-order valence-corrected chi connectivity index (χ2v) is 11.1. The molecule has 0 atom stereocenters. The molecule has 0 unspecified atom stereocenters. The SMILES string of the molecule is Cc1ccc2oc3ccc(-n4c5ccccc5c5c(-c6cc(C)cc7c6oc6ccccc67)cccc54)cc3c2c1. The van der Waals surface area contributed by atoms with E-state index >= 15 is 0 Å². The van der Waals surface area contributed by atoms with Crippen molar-refractivity contribution >= 4 is 65.7 Å². The lowest BCUT2D eigenvalue weighted by Crippen LogP contribution is -1.93. The number of furan rings is 2. The standard InChI is InChI=1S/C38H25NO2/c1-22-14-16-35-28(18-22)29-21-24(15-17-36(29)40-35)39-32-11-5-3-9-27(32)37-26(10-7-12-33(37)39)31-20-23(2)19-30-25-8-4-6-13-34(25)41-38(30)31/h3-21H,1-2H3. The lowest BCUT2D eigenvalue weighted by Gasteiger charge is -2.10. The van der Waals surface area contributed by atoms with Gasteiger partial charge in [0.1, 0.15) is 22.3 Å². The van der Waals surface area contributed by atoms with E-state index in [1.807, 2.05) is 6.07 Å². The van der Waals surface area contributed by atoms with Gasteiger partial charge in [-0.15, -0.1) is 0 Å². The lowest BCUT2D eigenvalue weighted by atomic mass is 9.96. The molecule has 0 radical (unpaired) electrons. The number of rotatable bonds is 2. The van der Waals surface area contributed by atoms with Crippen LogP contribution in [0.2, 0.25) is 0 Å². The van der Waals surface area contributed by atoms with Gasteiger partial charge in [0.05, 0.1) is 11.0 Å². The normalized spacial score (nSPS) is 12.1. The molecule has 0 bridgehead atoms. The Bertz CT molecular complexity index is 2500. The van der Waals surface area contributed by atoms with E-state index in [-0.39, 0.29) is 0 Å². The van der Waals surface area contributed by atoms with E-state index in [0.717, 1.165) is 60.6 Å². The summed E-state index contributed by atoms with van der Waals surface area (Å²) >= 11 is 0. The predicted molar refractivity (Wildman–Crippen MR) is 170 cm³/mol. The van der Waals surface area contributed by atoms with Crippen LogP contribution in [0, 0.1) is 13.8 Å². The highest BCUT2D eigenvalue weighted by Crippen LogP contribution is 2.43. The van der Waals surface area contributed by atoms with Gasteiger partial charge in [-0.05, 0) is 85.6 Å². The molecule has 9 rings (SSSR count). The van der Waals surface area contributed by atoms with Gasteiger partial charge in [-0.25, -0.2) is 0 Å². The zero-order chi connectivity index (χ0) is 27.2. The summed E-state index contributed by atoms with van der Waals surface area (Å²) in [5.41, 5.74) is 11.9. The molecule has 3 nitrogen and oxygen atoms in total. The highest BCUT2D eigenvalue weighted by Gasteiger charge is 2.20. The van der Waals surface area contributed by atoms with Crippen LogP contribution in [0.15, 0.2) is 124 Å². The Morgan fingerprint density at radius 1 is 0.463 bits per heavy atom. The second-order valence-electron chi connectivity index (χ2n) is 11.1. The maximum atomic E-state index is 6.52. The Labute approximate surface area is 235 Å². The van der Waals surface area contributed by atoms with Gasteiger partial charge in [0.2, 0.25) is 0 Å². The third-order valence-corrected chi connectivity index (χ3v) is 8.48. The molecule has 194 valence electrons. The summed E-state index contributed by atoms with van der Waals surface area (Å²) in [6, 6.07) is 41.1. The monoisotopic (exact) mass is 527 g/mol. The Hall–Kier alpha value is -5.28. The van der Waals surface area contributed by atoms with Crippen LogP contribution in [-0.2, 0) is 0 Å². The molecule has 0 spiro atoms. The molecule has 0 fully saturated rings. The van der Waals surface area contributed by atoms with Gasteiger partial charge < -0.3 is 13.4 Å². The fourth-order valence-electron chi connectivity index (χ4n) is 6.71. The number of nitrogens with zero attached hydrogens (tertiary/aromatic N) is 1. The first-order chi connectivity index (χ1) is 20.1. The molecule has 6 aromatic carbocycles. The van der Waals surface area contributed by atoms with Crippen LogP contribution in [0.1, 0.15) is 11.1 Å². The molecule has 3 heterocycles. The maximum Gasteiger partial charge on any atom is 0.143 e. The van der Waals surface area contributed by atoms with Crippen LogP contribution in [0.25, 0.3) is 82.5 Å². The molecule has 0 saturated heterocycles. The number of hydrogen-bond acceptors (Lipinski definition) is 2. The zero-order valence-corrected chi connectivity index (χ0v) is 22.7. The minimum atomic E-state index is 0.905. The lowest BCUT2D eigenvalue weighted by molar-refractivity contribution is 0.668. The van der Waals surface area contributed by atoms with E-state index in [4.69, 9.17) is 8.83 Å². The van der Waals surface area contributed by atoms with Crippen molar-refractivity contribution in [1.82, 2.24) is 4.57 Å². The molecule has 0 amide bonds. The number of fused-ring (bicyclic) bond motifs is 9. The van der Waals surface area contributed by atoms with Gasteiger partial charge >= 0.3 is 0 Å². The average Bonchev–Trinajstić information content (AvgIpc) is 3.66. The Kier molecular flexibility index (Phi) is 4.46. The van der Waals surface area contributed by atoms with Crippen molar-refractivity contribution in [1.29, 1.82) is 0 Å². The number of aromatic nitrogens is 1. The van der Waals surface area contributed by atoms with Crippen LogP contribution in [0.5, 0.6) is 0 Å². The summed E-state index contributed by atoms with van der Waals surface area (Å²) in [5.74, 6) is 0. The fourth-order valence-corrected chi connectivity index (χ4v) is 6.71. The first-order valence-electron chi connectivity index (χ1n) is 14.0. The van der Waals surface area contributed by atoms with E-state index in [0.29, 0.717) is 0 Å². The van der Waals surface area contributed by atoms with Gasteiger partial charge in [0.25, 0.3) is 0 Å². The minimum Gasteiger partial charge on any atom is -0.456 e. The van der Waals surface area contributed by atoms with Crippen molar-refractivity contribution in [3.8, 4) is 16.8 Å². The molecular weight excluding hydrogens is 502 g/mol. The van der Waals surface area contributed by atoms with Crippen molar-refractivity contribution in [3.05, 3.63) is 126 Å². The molecule has 3 aromatic heterocycles. The topological polar surface area (TPSA) is 31.2 Å². The third kappa shape index (κ3) is 3.14. The molecule has 9 aromatic rings. The average molecular weight is 528 g/mol. The van der Waals surface area contributed by atoms with Crippen molar-refractivity contribution < 1.29 is 8.83 Å². The smallest absolute Gasteiger partial charge is 0.143 e. The molecule has 0 aliphatic rings. The van der Waals surface area contributed by atoms with E-state index in [1.165, 1.54) is 33.0 Å². The largest absolute Gasteiger partial charge is 0.456 e. The maximum absolute atomic E-state index is 6.52. The molecule has 0 saturated carbocycles. The summed E-state index contributed by atoms with van der Waals surface area (Å²) in [6.07, 6.45) is 0. The van der Waals surface area contributed by atoms with Gasteiger partial charge in [0.15, 0.2) is 0 Å². The van der Waals surface area contributed by atoms with Crippen molar-refractivity contribution in [2.24, 2.45) is 0 Å². The van der Waals surface area contributed by atoms with E-state index in [1.54, 1.807) is 0 Å². The van der Waals surface area contributed by atoms with Crippen molar-refractivity contribution in [2.45, 2.75) is 13.8 Å². The Balaban J connectivity index is 1.38. The Morgan fingerprint density at radius 3 is 2.07 bits per heavy atom. The summed E-state index contributed by atoms with van der Waals surface area (Å²) in [5, 5.41) is 7.03. The second kappa shape index (κ2) is 8.12.